The summed E-state index contributed by atoms with van der Waals surface area (Å²) in [7, 11) is 0. The summed E-state index contributed by atoms with van der Waals surface area (Å²) in [6, 6.07) is 6.15. The Labute approximate surface area is 163 Å². The summed E-state index contributed by atoms with van der Waals surface area (Å²) in [6.07, 6.45) is 3.24. The number of aromatic amines is 1. The maximum Gasteiger partial charge on any atom is 0.333 e. The molecule has 0 bridgehead atoms. The van der Waals surface area contributed by atoms with Crippen LogP contribution in [-0.4, -0.2) is 42.1 Å². The number of nitrogens with zero attached hydrogens (tertiary/aromatic N) is 5. The predicted molar refractivity (Wildman–Crippen MR) is 97.4 cm³/mol. The van der Waals surface area contributed by atoms with Gasteiger partial charge in [-0.25, -0.2) is 9.97 Å². The Morgan fingerprint density at radius 2 is 2.21 bits per heavy atom. The van der Waals surface area contributed by atoms with Crippen LogP contribution in [0.25, 0.3) is 11.1 Å². The first-order chi connectivity index (χ1) is 14.0. The average Bonchev–Trinajstić information content (AvgIpc) is 3.43. The van der Waals surface area contributed by atoms with Crippen molar-refractivity contribution in [1.82, 2.24) is 29.6 Å². The highest BCUT2D eigenvalue weighted by Gasteiger charge is 2.39. The fourth-order valence-electron chi connectivity index (χ4n) is 3.70. The minimum atomic E-state index is -2.92. The Bertz CT molecular complexity index is 1210. The van der Waals surface area contributed by atoms with Crippen molar-refractivity contribution in [3.63, 3.8) is 0 Å². The fourth-order valence-corrected chi connectivity index (χ4v) is 3.70. The number of oxazole rings is 1. The summed E-state index contributed by atoms with van der Waals surface area (Å²) in [5.74, 6) is -0.296. The van der Waals surface area contributed by atoms with Crippen molar-refractivity contribution in [1.29, 1.82) is 0 Å². The molecule has 0 saturated heterocycles. The van der Waals surface area contributed by atoms with Crippen molar-refractivity contribution >= 4 is 17.0 Å². The SMILES string of the molecule is Cc1ccc2oc([C@@H]3c4nc[nH]c4CCN3C(=O)c3ccnn3C(F)F)nc2c1. The summed E-state index contributed by atoms with van der Waals surface area (Å²) in [5.41, 5.74) is 3.52. The molecule has 1 atom stereocenters. The van der Waals surface area contributed by atoms with Crippen LogP contribution in [0, 0.1) is 6.92 Å². The van der Waals surface area contributed by atoms with Crippen LogP contribution in [0.3, 0.4) is 0 Å². The van der Waals surface area contributed by atoms with Gasteiger partial charge in [0.05, 0.1) is 12.0 Å². The van der Waals surface area contributed by atoms with Gasteiger partial charge < -0.3 is 14.3 Å². The van der Waals surface area contributed by atoms with Gasteiger partial charge in [-0.05, 0) is 30.7 Å². The van der Waals surface area contributed by atoms with Gasteiger partial charge >= 0.3 is 6.55 Å². The van der Waals surface area contributed by atoms with Crippen LogP contribution in [0.15, 0.2) is 41.2 Å². The maximum atomic E-state index is 13.3. The van der Waals surface area contributed by atoms with Gasteiger partial charge in [-0.15, -0.1) is 0 Å². The third kappa shape index (κ3) is 2.79. The zero-order valence-corrected chi connectivity index (χ0v) is 15.3. The molecule has 1 aromatic carbocycles. The van der Waals surface area contributed by atoms with Gasteiger partial charge in [0.1, 0.15) is 11.2 Å². The van der Waals surface area contributed by atoms with Crippen LogP contribution in [0.5, 0.6) is 0 Å². The second-order valence-corrected chi connectivity index (χ2v) is 6.88. The number of H-pyrrole nitrogens is 1. The van der Waals surface area contributed by atoms with E-state index in [0.29, 0.717) is 34.4 Å². The number of alkyl halides is 2. The maximum absolute atomic E-state index is 13.3. The van der Waals surface area contributed by atoms with E-state index in [1.807, 2.05) is 25.1 Å². The molecule has 148 valence electrons. The Balaban J connectivity index is 1.62. The summed E-state index contributed by atoms with van der Waals surface area (Å²) in [4.78, 5) is 26.6. The lowest BCUT2D eigenvalue weighted by Gasteiger charge is -2.33. The lowest BCUT2D eigenvalue weighted by Crippen LogP contribution is -2.41. The van der Waals surface area contributed by atoms with Gasteiger partial charge in [-0.2, -0.15) is 18.6 Å². The normalized spacial score (nSPS) is 16.6. The number of rotatable bonds is 3. The highest BCUT2D eigenvalue weighted by atomic mass is 19.3. The highest BCUT2D eigenvalue weighted by Crippen LogP contribution is 2.35. The first kappa shape index (κ1) is 17.5. The smallest absolute Gasteiger partial charge is 0.333 e. The van der Waals surface area contributed by atoms with Crippen molar-refractivity contribution < 1.29 is 18.0 Å². The van der Waals surface area contributed by atoms with E-state index < -0.39 is 18.5 Å². The molecule has 0 unspecified atom stereocenters. The van der Waals surface area contributed by atoms with Crippen LogP contribution in [0.1, 0.15) is 45.9 Å². The van der Waals surface area contributed by atoms with E-state index in [2.05, 4.69) is 20.1 Å². The average molecular weight is 398 g/mol. The number of aromatic nitrogens is 5. The van der Waals surface area contributed by atoms with Crippen molar-refractivity contribution in [3.05, 3.63) is 65.3 Å². The number of halogens is 2. The predicted octanol–water partition coefficient (Wildman–Crippen LogP) is 3.24. The molecular formula is C19H16F2N6O2. The molecule has 0 radical (unpaired) electrons. The van der Waals surface area contributed by atoms with Gasteiger partial charge in [0.25, 0.3) is 5.91 Å². The number of benzene rings is 1. The molecule has 0 aliphatic carbocycles. The number of aryl methyl sites for hydroxylation is 1. The van der Waals surface area contributed by atoms with Crippen LogP contribution >= 0.6 is 0 Å². The van der Waals surface area contributed by atoms with Crippen molar-refractivity contribution in [2.75, 3.05) is 6.54 Å². The molecule has 8 nitrogen and oxygen atoms in total. The van der Waals surface area contributed by atoms with Crippen LogP contribution in [0.2, 0.25) is 0 Å². The first-order valence-corrected chi connectivity index (χ1v) is 9.05. The largest absolute Gasteiger partial charge is 0.438 e. The molecular weight excluding hydrogens is 382 g/mol. The Morgan fingerprint density at radius 1 is 1.34 bits per heavy atom. The van der Waals surface area contributed by atoms with Crippen LogP contribution < -0.4 is 0 Å². The second-order valence-electron chi connectivity index (χ2n) is 6.88. The molecule has 4 aromatic rings. The molecule has 3 aromatic heterocycles. The van der Waals surface area contributed by atoms with Crippen molar-refractivity contribution in [2.24, 2.45) is 0 Å². The van der Waals surface area contributed by atoms with Gasteiger partial charge in [-0.3, -0.25) is 4.79 Å². The van der Waals surface area contributed by atoms with Gasteiger partial charge in [0.15, 0.2) is 11.6 Å². The fraction of sp³-hybridized carbons (Fsp3) is 0.263. The molecule has 1 N–H and O–H groups in total. The highest BCUT2D eigenvalue weighted by molar-refractivity contribution is 5.93. The Morgan fingerprint density at radius 3 is 3.03 bits per heavy atom. The van der Waals surface area contributed by atoms with E-state index in [4.69, 9.17) is 4.42 Å². The summed E-state index contributed by atoms with van der Waals surface area (Å²) >= 11 is 0. The lowest BCUT2D eigenvalue weighted by molar-refractivity contribution is 0.0435. The lowest BCUT2D eigenvalue weighted by atomic mass is 10.0. The van der Waals surface area contributed by atoms with E-state index in [9.17, 15) is 13.6 Å². The minimum Gasteiger partial charge on any atom is -0.438 e. The summed E-state index contributed by atoms with van der Waals surface area (Å²) in [5, 5.41) is 3.57. The number of hydrogen-bond acceptors (Lipinski definition) is 5. The van der Waals surface area contributed by atoms with E-state index in [-0.39, 0.29) is 11.6 Å². The molecule has 5 rings (SSSR count). The molecule has 0 saturated carbocycles. The molecule has 1 aliphatic heterocycles. The molecule has 0 fully saturated rings. The quantitative estimate of drug-likeness (QED) is 0.572. The van der Waals surface area contributed by atoms with Gasteiger partial charge in [0, 0.05) is 24.9 Å². The third-order valence-corrected chi connectivity index (χ3v) is 5.05. The van der Waals surface area contributed by atoms with Gasteiger partial charge in [0.2, 0.25) is 5.89 Å². The number of carbonyl (C=O) groups is 1. The van der Waals surface area contributed by atoms with E-state index in [1.54, 1.807) is 6.33 Å². The minimum absolute atomic E-state index is 0.198. The number of amides is 1. The Kier molecular flexibility index (Phi) is 3.93. The van der Waals surface area contributed by atoms with Crippen molar-refractivity contribution in [2.45, 2.75) is 25.9 Å². The molecule has 1 aliphatic rings. The van der Waals surface area contributed by atoms with E-state index in [0.717, 1.165) is 11.3 Å². The van der Waals surface area contributed by atoms with Crippen LogP contribution in [0.4, 0.5) is 8.78 Å². The third-order valence-electron chi connectivity index (χ3n) is 5.05. The topological polar surface area (TPSA) is 92.8 Å². The molecule has 0 spiro atoms. The van der Waals surface area contributed by atoms with E-state index >= 15 is 0 Å². The number of carbonyl (C=O) groups excluding carboxylic acids is 1. The summed E-state index contributed by atoms with van der Waals surface area (Å²) < 4.78 is 32.9. The standard InChI is InChI=1S/C19H16F2N6O2/c1-10-2-3-14-12(8-10)25-17(29-14)16-15-11(22-9-23-15)5-7-26(16)18(28)13-4-6-24-27(13)19(20)21/h2-4,6,8-9,16,19H,5,7H2,1H3,(H,22,23)/t16-/m0/s1. The molecule has 10 heteroatoms. The van der Waals surface area contributed by atoms with Gasteiger partial charge in [-0.1, -0.05) is 6.07 Å². The first-order valence-electron chi connectivity index (χ1n) is 9.05. The molecule has 1 amide bonds. The Hall–Kier alpha value is -3.56. The molecule has 4 heterocycles. The number of nitrogens with one attached hydrogen (secondary N) is 1. The summed E-state index contributed by atoms with van der Waals surface area (Å²) in [6.45, 7) is -0.674. The van der Waals surface area contributed by atoms with Crippen LogP contribution in [-0.2, 0) is 6.42 Å². The van der Waals surface area contributed by atoms with Crippen molar-refractivity contribution in [3.8, 4) is 0 Å². The number of imidazole rings is 1. The second kappa shape index (κ2) is 6.50. The molecule has 29 heavy (non-hydrogen) atoms. The monoisotopic (exact) mass is 398 g/mol. The zero-order valence-electron chi connectivity index (χ0n) is 15.3. The van der Waals surface area contributed by atoms with E-state index in [1.165, 1.54) is 17.2 Å². The zero-order chi connectivity index (χ0) is 20.1. The number of fused-ring (bicyclic) bond motifs is 2. The number of hydrogen-bond donors (Lipinski definition) is 1.